The van der Waals surface area contributed by atoms with Gasteiger partial charge in [-0.15, -0.1) is 0 Å². The molecule has 1 N–H and O–H groups in total. The number of aromatic nitrogens is 5. The highest BCUT2D eigenvalue weighted by molar-refractivity contribution is 6.33. The molecule has 0 bridgehead atoms. The van der Waals surface area contributed by atoms with Crippen molar-refractivity contribution in [2.75, 3.05) is 31.1 Å². The number of halogens is 2. The lowest BCUT2D eigenvalue weighted by atomic mass is 10.2. The van der Waals surface area contributed by atoms with Crippen LogP contribution in [0.2, 0.25) is 5.02 Å². The topological polar surface area (TPSA) is 124 Å². The Morgan fingerprint density at radius 3 is 2.79 bits per heavy atom. The van der Waals surface area contributed by atoms with E-state index >= 15 is 0 Å². The average Bonchev–Trinajstić information content (AvgIpc) is 3.33. The maximum absolute atomic E-state index is 14.4. The van der Waals surface area contributed by atoms with Crippen LogP contribution in [-0.4, -0.2) is 62.1 Å². The highest BCUT2D eigenvalue weighted by atomic mass is 35.5. The van der Waals surface area contributed by atoms with Gasteiger partial charge in [0.25, 0.3) is 0 Å². The van der Waals surface area contributed by atoms with Crippen molar-refractivity contribution in [1.82, 2.24) is 30.0 Å². The molecule has 1 aliphatic rings. The number of benzene rings is 1. The number of aromatic amines is 1. The Kier molecular flexibility index (Phi) is 5.43. The number of carbonyl (C=O) groups excluding carboxylic acids is 1. The summed E-state index contributed by atoms with van der Waals surface area (Å²) in [6.45, 7) is 5.57. The molecule has 10 nitrogen and oxygen atoms in total. The number of ether oxygens (including phenoxy) is 1. The number of rotatable bonds is 4. The smallest absolute Gasteiger partial charge is 0.247 e. The second-order valence-corrected chi connectivity index (χ2v) is 7.85. The van der Waals surface area contributed by atoms with Crippen LogP contribution in [0.3, 0.4) is 0 Å². The summed E-state index contributed by atoms with van der Waals surface area (Å²) in [7, 11) is 0. The van der Waals surface area contributed by atoms with Crippen LogP contribution in [-0.2, 0) is 4.79 Å². The number of fused-ring (bicyclic) bond motifs is 2. The molecule has 5 rings (SSSR count). The fraction of sp³-hybridized carbons (Fsp3) is 0.182. The van der Waals surface area contributed by atoms with Crippen molar-refractivity contribution in [1.29, 1.82) is 5.26 Å². The van der Waals surface area contributed by atoms with Crippen molar-refractivity contribution in [2.24, 2.45) is 0 Å². The van der Waals surface area contributed by atoms with Crippen LogP contribution in [0, 0.1) is 17.1 Å². The lowest BCUT2D eigenvalue weighted by Crippen LogP contribution is -2.48. The highest BCUT2D eigenvalue weighted by Gasteiger charge is 2.24. The van der Waals surface area contributed by atoms with Crippen molar-refractivity contribution < 1.29 is 13.9 Å². The fourth-order valence-corrected chi connectivity index (χ4v) is 4.06. The van der Waals surface area contributed by atoms with E-state index in [4.69, 9.17) is 16.3 Å². The second kappa shape index (κ2) is 8.57. The van der Waals surface area contributed by atoms with Gasteiger partial charge >= 0.3 is 0 Å². The number of piperazine rings is 1. The number of hydrogen-bond acceptors (Lipinski definition) is 8. The van der Waals surface area contributed by atoms with E-state index in [0.29, 0.717) is 53.8 Å². The van der Waals surface area contributed by atoms with Crippen molar-refractivity contribution in [3.63, 3.8) is 0 Å². The summed E-state index contributed by atoms with van der Waals surface area (Å²) in [5, 5.41) is 16.9. The van der Waals surface area contributed by atoms with Gasteiger partial charge in [0.1, 0.15) is 40.3 Å². The lowest BCUT2D eigenvalue weighted by Gasteiger charge is -2.35. The second-order valence-electron chi connectivity index (χ2n) is 7.47. The summed E-state index contributed by atoms with van der Waals surface area (Å²) in [6, 6.07) is 4.79. The SMILES string of the molecule is C=CC(=O)N1CCN(c2ncnc3c(Oc4c(Cl)c(F)cc5[nH]ncc45)nc(C#N)cc23)CC1. The van der Waals surface area contributed by atoms with Crippen LogP contribution in [0.25, 0.3) is 21.8 Å². The molecule has 4 aromatic rings. The quantitative estimate of drug-likeness (QED) is 0.443. The van der Waals surface area contributed by atoms with Gasteiger partial charge in [-0.25, -0.2) is 19.3 Å². The molecule has 0 radical (unpaired) electrons. The van der Waals surface area contributed by atoms with Gasteiger partial charge in [0.05, 0.1) is 22.5 Å². The van der Waals surface area contributed by atoms with Gasteiger partial charge in [0.2, 0.25) is 11.8 Å². The molecule has 3 aromatic heterocycles. The normalized spacial score (nSPS) is 13.8. The lowest BCUT2D eigenvalue weighted by molar-refractivity contribution is -0.126. The molecule has 0 spiro atoms. The summed E-state index contributed by atoms with van der Waals surface area (Å²) < 4.78 is 20.3. The van der Waals surface area contributed by atoms with E-state index in [2.05, 4.69) is 31.7 Å². The van der Waals surface area contributed by atoms with E-state index in [1.54, 1.807) is 11.0 Å². The van der Waals surface area contributed by atoms with Crippen LogP contribution in [0.1, 0.15) is 5.69 Å². The molecular formula is C22H16ClFN8O2. The maximum atomic E-state index is 14.4. The van der Waals surface area contributed by atoms with Crippen LogP contribution >= 0.6 is 11.6 Å². The Bertz CT molecular complexity index is 1490. The number of H-pyrrole nitrogens is 1. The molecule has 0 aliphatic carbocycles. The summed E-state index contributed by atoms with van der Waals surface area (Å²) in [6.07, 6.45) is 4.11. The predicted octanol–water partition coefficient (Wildman–Crippen LogP) is 3.19. The van der Waals surface area contributed by atoms with Crippen LogP contribution in [0.4, 0.5) is 10.2 Å². The van der Waals surface area contributed by atoms with Crippen molar-refractivity contribution in [2.45, 2.75) is 0 Å². The zero-order valence-electron chi connectivity index (χ0n) is 17.6. The Labute approximate surface area is 197 Å². The van der Waals surface area contributed by atoms with Gasteiger partial charge in [0.15, 0.2) is 5.75 Å². The first-order chi connectivity index (χ1) is 16.5. The maximum Gasteiger partial charge on any atom is 0.247 e. The summed E-state index contributed by atoms with van der Waals surface area (Å²) in [4.78, 5) is 28.6. The zero-order chi connectivity index (χ0) is 23.8. The molecule has 170 valence electrons. The standard InChI is InChI=1S/C22H16ClFN8O2/c1-2-17(33)31-3-5-32(6-4-31)21-13-7-12(9-25)29-22(19(13)26-11-27-21)34-20-14-10-28-30-16(14)8-15(24)18(20)23/h2,7-8,10-11H,1,3-6H2,(H,28,30). The number of pyridine rings is 1. The van der Waals surface area contributed by atoms with Gasteiger partial charge in [-0.2, -0.15) is 10.4 Å². The minimum Gasteiger partial charge on any atom is -0.434 e. The van der Waals surface area contributed by atoms with Crippen molar-refractivity contribution >= 4 is 45.1 Å². The molecule has 0 atom stereocenters. The van der Waals surface area contributed by atoms with Gasteiger partial charge in [0, 0.05) is 32.2 Å². The number of nitrogens with zero attached hydrogens (tertiary/aromatic N) is 7. The first kappa shape index (κ1) is 21.5. The number of hydrogen-bond donors (Lipinski definition) is 1. The average molecular weight is 479 g/mol. The third-order valence-electron chi connectivity index (χ3n) is 5.54. The van der Waals surface area contributed by atoms with E-state index in [1.165, 1.54) is 24.7 Å². The Morgan fingerprint density at radius 1 is 1.26 bits per heavy atom. The van der Waals surface area contributed by atoms with Crippen LogP contribution in [0.15, 0.2) is 37.3 Å². The molecule has 34 heavy (non-hydrogen) atoms. The molecule has 1 amide bonds. The molecule has 1 aromatic carbocycles. The third kappa shape index (κ3) is 3.64. The van der Waals surface area contributed by atoms with Crippen LogP contribution < -0.4 is 9.64 Å². The molecule has 12 heteroatoms. The monoisotopic (exact) mass is 478 g/mol. The van der Waals surface area contributed by atoms with E-state index in [0.717, 1.165) is 0 Å². The van der Waals surface area contributed by atoms with Gasteiger partial charge < -0.3 is 14.5 Å². The fourth-order valence-electron chi connectivity index (χ4n) is 3.87. The molecular weight excluding hydrogens is 463 g/mol. The Hall–Kier alpha value is -4.30. The third-order valence-corrected chi connectivity index (χ3v) is 5.89. The minimum atomic E-state index is -0.698. The number of nitriles is 1. The van der Waals surface area contributed by atoms with E-state index in [-0.39, 0.29) is 28.3 Å². The molecule has 0 unspecified atom stereocenters. The number of anilines is 1. The van der Waals surface area contributed by atoms with E-state index in [9.17, 15) is 14.4 Å². The first-order valence-corrected chi connectivity index (χ1v) is 10.6. The van der Waals surface area contributed by atoms with Gasteiger partial charge in [-0.05, 0) is 12.1 Å². The highest BCUT2D eigenvalue weighted by Crippen LogP contribution is 2.40. The van der Waals surface area contributed by atoms with Gasteiger partial charge in [-0.1, -0.05) is 18.2 Å². The summed E-state index contributed by atoms with van der Waals surface area (Å²) in [5.41, 5.74) is 0.778. The van der Waals surface area contributed by atoms with Crippen LogP contribution in [0.5, 0.6) is 11.6 Å². The first-order valence-electron chi connectivity index (χ1n) is 10.2. The van der Waals surface area contributed by atoms with Crippen molar-refractivity contribution in [3.05, 3.63) is 53.8 Å². The van der Waals surface area contributed by atoms with E-state index in [1.807, 2.05) is 11.0 Å². The molecule has 1 aliphatic heterocycles. The van der Waals surface area contributed by atoms with Gasteiger partial charge in [-0.3, -0.25) is 9.89 Å². The van der Waals surface area contributed by atoms with E-state index < -0.39 is 5.82 Å². The summed E-state index contributed by atoms with van der Waals surface area (Å²) in [5.74, 6) is -0.273. The molecule has 1 fully saturated rings. The molecule has 1 saturated heterocycles. The number of amides is 1. The minimum absolute atomic E-state index is 0.00557. The Morgan fingerprint density at radius 2 is 2.06 bits per heavy atom. The molecule has 4 heterocycles. The van der Waals surface area contributed by atoms with Crippen molar-refractivity contribution in [3.8, 4) is 17.7 Å². The Balaban J connectivity index is 1.58. The predicted molar refractivity (Wildman–Crippen MR) is 122 cm³/mol. The number of nitrogens with one attached hydrogen (secondary N) is 1. The molecule has 0 saturated carbocycles. The zero-order valence-corrected chi connectivity index (χ0v) is 18.4. The largest absolute Gasteiger partial charge is 0.434 e. The summed E-state index contributed by atoms with van der Waals surface area (Å²) >= 11 is 6.19. The number of carbonyl (C=O) groups is 1.